The number of carbonyl (C=O) groups is 2. The molecule has 2 heterocycles. The van der Waals surface area contributed by atoms with E-state index in [1.54, 1.807) is 6.07 Å². The van der Waals surface area contributed by atoms with Gasteiger partial charge in [-0.15, -0.1) is 0 Å². The Morgan fingerprint density at radius 2 is 2.35 bits per heavy atom. The van der Waals surface area contributed by atoms with Crippen LogP contribution in [0.15, 0.2) is 16.9 Å². The summed E-state index contributed by atoms with van der Waals surface area (Å²) in [5.41, 5.74) is 0.615. The van der Waals surface area contributed by atoms with Gasteiger partial charge in [0.25, 0.3) is 0 Å². The quantitative estimate of drug-likeness (QED) is 0.862. The fourth-order valence-electron chi connectivity index (χ4n) is 3.43. The highest BCUT2D eigenvalue weighted by Crippen LogP contribution is 2.42. The molecule has 1 saturated heterocycles. The zero-order chi connectivity index (χ0) is 14.1. The van der Waals surface area contributed by atoms with E-state index in [0.29, 0.717) is 18.2 Å². The highest BCUT2D eigenvalue weighted by molar-refractivity contribution is 5.83. The van der Waals surface area contributed by atoms with Gasteiger partial charge >= 0.3 is 12.0 Å². The van der Waals surface area contributed by atoms with Gasteiger partial charge in [-0.05, 0) is 24.7 Å². The first-order valence-corrected chi connectivity index (χ1v) is 6.83. The van der Waals surface area contributed by atoms with Crippen LogP contribution in [0, 0.1) is 11.8 Å². The van der Waals surface area contributed by atoms with Gasteiger partial charge in [0, 0.05) is 12.6 Å². The van der Waals surface area contributed by atoms with Crippen molar-refractivity contribution < 1.29 is 19.2 Å². The van der Waals surface area contributed by atoms with Gasteiger partial charge in [-0.25, -0.2) is 9.59 Å². The van der Waals surface area contributed by atoms with Gasteiger partial charge in [0.05, 0.1) is 6.54 Å². The molecular weight excluding hydrogens is 262 g/mol. The number of likely N-dealkylation sites (tertiary alicyclic amines) is 1. The van der Waals surface area contributed by atoms with Gasteiger partial charge < -0.3 is 19.8 Å². The lowest BCUT2D eigenvalue weighted by Gasteiger charge is -2.24. The number of aliphatic carboxylic acids is 1. The van der Waals surface area contributed by atoms with Crippen LogP contribution in [-0.2, 0) is 11.3 Å². The van der Waals surface area contributed by atoms with Crippen LogP contribution in [0.25, 0.3) is 0 Å². The lowest BCUT2D eigenvalue weighted by molar-refractivity contribution is -0.142. The smallest absolute Gasteiger partial charge is 0.326 e. The van der Waals surface area contributed by atoms with E-state index in [4.69, 9.17) is 0 Å². The highest BCUT2D eigenvalue weighted by atomic mass is 16.5. The van der Waals surface area contributed by atoms with Crippen LogP contribution >= 0.6 is 0 Å². The average molecular weight is 279 g/mol. The number of nitrogens with zero attached hydrogens (tertiary/aromatic N) is 2. The molecule has 2 fully saturated rings. The van der Waals surface area contributed by atoms with Crippen LogP contribution < -0.4 is 5.32 Å². The van der Waals surface area contributed by atoms with Crippen LogP contribution in [0.5, 0.6) is 0 Å². The largest absolute Gasteiger partial charge is 0.480 e. The molecule has 3 atom stereocenters. The van der Waals surface area contributed by atoms with Crippen molar-refractivity contribution in [3.05, 3.63) is 18.0 Å². The Kier molecular flexibility index (Phi) is 3.33. The van der Waals surface area contributed by atoms with Crippen molar-refractivity contribution in [2.45, 2.75) is 31.8 Å². The summed E-state index contributed by atoms with van der Waals surface area (Å²) in [5.74, 6) is -0.477. The Morgan fingerprint density at radius 3 is 3.05 bits per heavy atom. The highest BCUT2D eigenvalue weighted by Gasteiger charge is 2.49. The van der Waals surface area contributed by atoms with E-state index in [1.165, 1.54) is 11.2 Å². The van der Waals surface area contributed by atoms with Gasteiger partial charge in [0.2, 0.25) is 0 Å². The molecule has 1 aliphatic carbocycles. The molecule has 0 aromatic carbocycles. The number of rotatable bonds is 3. The molecule has 7 nitrogen and oxygen atoms in total. The predicted molar refractivity (Wildman–Crippen MR) is 67.7 cm³/mol. The van der Waals surface area contributed by atoms with Gasteiger partial charge in [0.15, 0.2) is 0 Å². The Hall–Kier alpha value is -2.05. The number of nitrogens with one attached hydrogen (secondary N) is 1. The fraction of sp³-hybridized carbons (Fsp3) is 0.615. The third-order valence-corrected chi connectivity index (χ3v) is 4.32. The second-order valence-corrected chi connectivity index (χ2v) is 5.44. The minimum absolute atomic E-state index is 0.102. The summed E-state index contributed by atoms with van der Waals surface area (Å²) in [7, 11) is 0. The third kappa shape index (κ3) is 2.23. The fourth-order valence-corrected chi connectivity index (χ4v) is 3.43. The molecule has 108 valence electrons. The summed E-state index contributed by atoms with van der Waals surface area (Å²) in [5, 5.41) is 15.8. The van der Waals surface area contributed by atoms with Crippen LogP contribution in [0.4, 0.5) is 4.79 Å². The number of hydrogen-bond acceptors (Lipinski definition) is 4. The number of urea groups is 1. The molecule has 20 heavy (non-hydrogen) atoms. The van der Waals surface area contributed by atoms with E-state index >= 15 is 0 Å². The Labute approximate surface area is 115 Å². The second-order valence-electron chi connectivity index (χ2n) is 5.44. The van der Waals surface area contributed by atoms with Crippen LogP contribution in [0.2, 0.25) is 0 Å². The van der Waals surface area contributed by atoms with Crippen molar-refractivity contribution in [2.24, 2.45) is 11.8 Å². The SMILES string of the molecule is O=C(O)C1C2CCCC2CN1C(=O)NCc1ccon1. The van der Waals surface area contributed by atoms with Crippen molar-refractivity contribution in [3.63, 3.8) is 0 Å². The van der Waals surface area contributed by atoms with E-state index in [0.717, 1.165) is 19.3 Å². The topological polar surface area (TPSA) is 95.7 Å². The first kappa shape index (κ1) is 13.0. The predicted octanol–water partition coefficient (Wildman–Crippen LogP) is 1.07. The number of carbonyl (C=O) groups excluding carboxylic acids is 1. The lowest BCUT2D eigenvalue weighted by Crippen LogP contribution is -2.47. The first-order chi connectivity index (χ1) is 9.66. The van der Waals surface area contributed by atoms with Crippen LogP contribution in [0.1, 0.15) is 25.0 Å². The number of fused-ring (bicyclic) bond motifs is 1. The zero-order valence-corrected chi connectivity index (χ0v) is 11.0. The van der Waals surface area contributed by atoms with Crippen molar-refractivity contribution in [1.82, 2.24) is 15.4 Å². The monoisotopic (exact) mass is 279 g/mol. The molecule has 1 aliphatic heterocycles. The molecule has 0 bridgehead atoms. The van der Waals surface area contributed by atoms with Crippen LogP contribution in [-0.4, -0.2) is 39.8 Å². The minimum Gasteiger partial charge on any atom is -0.480 e. The van der Waals surface area contributed by atoms with Crippen molar-refractivity contribution >= 4 is 12.0 Å². The van der Waals surface area contributed by atoms with Crippen molar-refractivity contribution in [2.75, 3.05) is 6.54 Å². The molecule has 3 unspecified atom stereocenters. The van der Waals surface area contributed by atoms with Gasteiger partial charge in [0.1, 0.15) is 18.0 Å². The number of aromatic nitrogens is 1. The Bertz CT molecular complexity index is 502. The van der Waals surface area contributed by atoms with E-state index in [1.807, 2.05) is 0 Å². The normalized spacial score (nSPS) is 28.4. The maximum Gasteiger partial charge on any atom is 0.326 e. The summed E-state index contributed by atoms with van der Waals surface area (Å²) in [6.45, 7) is 0.778. The van der Waals surface area contributed by atoms with Crippen molar-refractivity contribution in [1.29, 1.82) is 0 Å². The Balaban J connectivity index is 1.65. The van der Waals surface area contributed by atoms with Crippen LogP contribution in [0.3, 0.4) is 0 Å². The molecule has 1 aromatic heterocycles. The summed E-state index contributed by atoms with van der Waals surface area (Å²) in [6.07, 6.45) is 4.41. The number of carboxylic acids is 1. The van der Waals surface area contributed by atoms with E-state index in [9.17, 15) is 14.7 Å². The van der Waals surface area contributed by atoms with Gasteiger partial charge in [-0.2, -0.15) is 0 Å². The molecule has 2 N–H and O–H groups in total. The number of carboxylic acid groups (broad SMARTS) is 1. The molecule has 2 amide bonds. The van der Waals surface area contributed by atoms with E-state index in [-0.39, 0.29) is 18.5 Å². The zero-order valence-electron chi connectivity index (χ0n) is 11.0. The average Bonchev–Trinajstić information content (AvgIpc) is 3.10. The standard InChI is InChI=1S/C13H17N3O4/c17-12(18)11-10-3-1-2-8(10)7-16(11)13(19)14-6-9-4-5-20-15-9/h4-5,8,10-11H,1-3,6-7H2,(H,14,19)(H,17,18). The third-order valence-electron chi connectivity index (χ3n) is 4.32. The first-order valence-electron chi connectivity index (χ1n) is 6.83. The molecule has 3 rings (SSSR count). The summed E-state index contributed by atoms with van der Waals surface area (Å²) in [6, 6.07) is 0.628. The molecule has 7 heteroatoms. The minimum atomic E-state index is -0.906. The van der Waals surface area contributed by atoms with Gasteiger partial charge in [-0.1, -0.05) is 11.6 Å². The molecule has 0 radical (unpaired) electrons. The van der Waals surface area contributed by atoms with E-state index in [2.05, 4.69) is 15.0 Å². The van der Waals surface area contributed by atoms with Crippen molar-refractivity contribution in [3.8, 4) is 0 Å². The molecule has 1 saturated carbocycles. The summed E-state index contributed by atoms with van der Waals surface area (Å²) in [4.78, 5) is 25.1. The number of amides is 2. The molecular formula is C13H17N3O4. The molecule has 2 aliphatic rings. The maximum atomic E-state index is 12.2. The maximum absolute atomic E-state index is 12.2. The van der Waals surface area contributed by atoms with E-state index < -0.39 is 12.0 Å². The number of hydrogen-bond donors (Lipinski definition) is 2. The lowest BCUT2D eigenvalue weighted by atomic mass is 9.94. The van der Waals surface area contributed by atoms with Gasteiger partial charge in [-0.3, -0.25) is 0 Å². The summed E-state index contributed by atoms with van der Waals surface area (Å²) < 4.78 is 4.68. The Morgan fingerprint density at radius 1 is 1.50 bits per heavy atom. The molecule has 0 spiro atoms. The molecule has 1 aromatic rings. The summed E-state index contributed by atoms with van der Waals surface area (Å²) >= 11 is 0. The second kappa shape index (κ2) is 5.15.